The van der Waals surface area contributed by atoms with Crippen molar-refractivity contribution in [3.05, 3.63) is 17.6 Å². The summed E-state index contributed by atoms with van der Waals surface area (Å²) < 4.78 is 5.82. The van der Waals surface area contributed by atoms with Crippen LogP contribution in [0, 0.1) is 5.92 Å². The first-order chi connectivity index (χ1) is 8.97. The normalized spacial score (nSPS) is 27.7. The lowest BCUT2D eigenvalue weighted by Gasteiger charge is -2.37. The van der Waals surface area contributed by atoms with Gasteiger partial charge in [0.15, 0.2) is 5.82 Å². The summed E-state index contributed by atoms with van der Waals surface area (Å²) in [6.07, 6.45) is 4.27. The molecule has 0 aliphatic heterocycles. The van der Waals surface area contributed by atoms with Crippen LogP contribution in [0.4, 0.5) is 5.82 Å². The van der Waals surface area contributed by atoms with Crippen molar-refractivity contribution >= 4 is 5.82 Å². The lowest BCUT2D eigenvalue weighted by Crippen LogP contribution is -2.35. The van der Waals surface area contributed by atoms with E-state index in [-0.39, 0.29) is 5.60 Å². The second-order valence-electron chi connectivity index (χ2n) is 6.08. The van der Waals surface area contributed by atoms with E-state index >= 15 is 0 Å². The second-order valence-corrected chi connectivity index (χ2v) is 6.08. The number of aromatic nitrogens is 2. The van der Waals surface area contributed by atoms with Gasteiger partial charge in [-0.3, -0.25) is 0 Å². The number of nitrogens with two attached hydrogens (primary N) is 1. The number of hydrogen-bond acceptors (Lipinski definition) is 4. The van der Waals surface area contributed by atoms with Gasteiger partial charge in [0.25, 0.3) is 0 Å². The van der Waals surface area contributed by atoms with Crippen LogP contribution in [0.25, 0.3) is 0 Å². The molecule has 1 heterocycles. The minimum absolute atomic E-state index is 0.342. The minimum atomic E-state index is -0.342. The van der Waals surface area contributed by atoms with Crippen LogP contribution in [-0.2, 0) is 10.3 Å². The van der Waals surface area contributed by atoms with Crippen LogP contribution >= 0.6 is 0 Å². The number of nitrogens with zero attached hydrogens (tertiary/aromatic N) is 2. The highest BCUT2D eigenvalue weighted by Gasteiger charge is 2.39. The monoisotopic (exact) mass is 263 g/mol. The first kappa shape index (κ1) is 14.3. The zero-order chi connectivity index (χ0) is 14.0. The summed E-state index contributed by atoms with van der Waals surface area (Å²) in [5.74, 6) is 2.42. The molecule has 0 saturated heterocycles. The highest BCUT2D eigenvalue weighted by molar-refractivity contribution is 5.32. The van der Waals surface area contributed by atoms with Gasteiger partial charge >= 0.3 is 0 Å². The van der Waals surface area contributed by atoms with Crippen LogP contribution in [0.2, 0.25) is 0 Å². The number of rotatable bonds is 3. The van der Waals surface area contributed by atoms with Crippen LogP contribution in [-0.4, -0.2) is 17.1 Å². The Morgan fingerprint density at radius 3 is 2.47 bits per heavy atom. The van der Waals surface area contributed by atoms with Crippen LogP contribution in [0.5, 0.6) is 0 Å². The quantitative estimate of drug-likeness (QED) is 0.909. The molecule has 0 bridgehead atoms. The van der Waals surface area contributed by atoms with Crippen molar-refractivity contribution in [2.75, 3.05) is 12.8 Å². The van der Waals surface area contributed by atoms with Crippen molar-refractivity contribution in [3.63, 3.8) is 0 Å². The molecule has 0 unspecified atom stereocenters. The molecule has 19 heavy (non-hydrogen) atoms. The molecule has 0 aromatic carbocycles. The molecule has 0 amide bonds. The van der Waals surface area contributed by atoms with E-state index in [1.54, 1.807) is 7.11 Å². The van der Waals surface area contributed by atoms with Crippen LogP contribution in [0.15, 0.2) is 6.07 Å². The van der Waals surface area contributed by atoms with E-state index < -0.39 is 0 Å². The molecule has 1 aromatic heterocycles. The lowest BCUT2D eigenvalue weighted by molar-refractivity contribution is -0.0598. The molecule has 1 aromatic rings. The molecule has 1 saturated carbocycles. The van der Waals surface area contributed by atoms with Crippen LogP contribution < -0.4 is 5.73 Å². The fourth-order valence-corrected chi connectivity index (χ4v) is 2.73. The van der Waals surface area contributed by atoms with Gasteiger partial charge in [-0.15, -0.1) is 0 Å². The first-order valence-electron chi connectivity index (χ1n) is 7.17. The average molecular weight is 263 g/mol. The third-order valence-electron chi connectivity index (χ3n) is 4.24. The number of hydrogen-bond donors (Lipinski definition) is 1. The summed E-state index contributed by atoms with van der Waals surface area (Å²) in [6, 6.07) is 1.86. The Morgan fingerprint density at radius 2 is 1.95 bits per heavy atom. The molecule has 2 N–H and O–H groups in total. The Morgan fingerprint density at radius 1 is 1.32 bits per heavy atom. The molecule has 0 atom stereocenters. The number of anilines is 1. The van der Waals surface area contributed by atoms with E-state index in [9.17, 15) is 0 Å². The van der Waals surface area contributed by atoms with Crippen molar-refractivity contribution in [1.82, 2.24) is 9.97 Å². The summed E-state index contributed by atoms with van der Waals surface area (Å²) in [4.78, 5) is 9.16. The van der Waals surface area contributed by atoms with Gasteiger partial charge in [0.1, 0.15) is 11.4 Å². The minimum Gasteiger partial charge on any atom is -0.384 e. The van der Waals surface area contributed by atoms with Crippen molar-refractivity contribution in [1.29, 1.82) is 0 Å². The van der Waals surface area contributed by atoms with Gasteiger partial charge in [0.05, 0.1) is 0 Å². The first-order valence-corrected chi connectivity index (χ1v) is 7.17. The number of ether oxygens (including phenoxy) is 1. The third kappa shape index (κ3) is 2.89. The molecule has 0 spiro atoms. The molecule has 2 rings (SSSR count). The summed E-state index contributed by atoms with van der Waals surface area (Å²) in [5.41, 5.74) is 6.59. The number of nitrogen functional groups attached to an aromatic ring is 1. The zero-order valence-electron chi connectivity index (χ0n) is 12.4. The largest absolute Gasteiger partial charge is 0.384 e. The van der Waals surface area contributed by atoms with Crippen molar-refractivity contribution < 1.29 is 4.74 Å². The van der Waals surface area contributed by atoms with E-state index in [1.807, 2.05) is 6.07 Å². The molecular formula is C15H25N3O. The molecular weight excluding hydrogens is 238 g/mol. The van der Waals surface area contributed by atoms with Crippen LogP contribution in [0.3, 0.4) is 0 Å². The molecule has 4 nitrogen and oxygen atoms in total. The predicted octanol–water partition coefficient (Wildman–Crippen LogP) is 3.23. The van der Waals surface area contributed by atoms with Gasteiger partial charge in [-0.2, -0.15) is 0 Å². The highest BCUT2D eigenvalue weighted by Crippen LogP contribution is 2.41. The van der Waals surface area contributed by atoms with Gasteiger partial charge in [-0.25, -0.2) is 9.97 Å². The van der Waals surface area contributed by atoms with E-state index in [4.69, 9.17) is 15.5 Å². The Bertz CT molecular complexity index is 437. The Hall–Kier alpha value is -1.16. The molecule has 1 fully saturated rings. The Balaban J connectivity index is 2.38. The molecule has 106 valence electrons. The maximum Gasteiger partial charge on any atom is 0.162 e. The Labute approximate surface area is 115 Å². The zero-order valence-corrected chi connectivity index (χ0v) is 12.4. The summed E-state index contributed by atoms with van der Waals surface area (Å²) >= 11 is 0. The van der Waals surface area contributed by atoms with Gasteiger partial charge in [0.2, 0.25) is 0 Å². The maximum absolute atomic E-state index is 5.94. The Kier molecular flexibility index (Phi) is 4.09. The van der Waals surface area contributed by atoms with E-state index in [0.717, 1.165) is 43.1 Å². The summed E-state index contributed by atoms with van der Waals surface area (Å²) in [6.45, 7) is 6.53. The lowest BCUT2D eigenvalue weighted by atomic mass is 9.79. The van der Waals surface area contributed by atoms with Crippen molar-refractivity contribution in [3.8, 4) is 0 Å². The maximum atomic E-state index is 5.94. The average Bonchev–Trinajstić information content (AvgIpc) is 2.39. The molecule has 0 radical (unpaired) electrons. The number of methoxy groups -OCH3 is 1. The molecule has 1 aliphatic rings. The summed E-state index contributed by atoms with van der Waals surface area (Å²) in [5, 5.41) is 0. The third-order valence-corrected chi connectivity index (χ3v) is 4.24. The van der Waals surface area contributed by atoms with Gasteiger partial charge < -0.3 is 10.5 Å². The fourth-order valence-electron chi connectivity index (χ4n) is 2.73. The van der Waals surface area contributed by atoms with Gasteiger partial charge in [-0.1, -0.05) is 20.8 Å². The molecule has 1 aliphatic carbocycles. The standard InChI is InChI=1S/C15H25N3O/c1-10(2)12-9-13(16)18-14(17-12)15(19-4)7-5-11(3)6-8-15/h9-11H,5-8H2,1-4H3,(H2,16,17,18). The van der Waals surface area contributed by atoms with Crippen molar-refractivity contribution in [2.24, 2.45) is 5.92 Å². The fraction of sp³-hybridized carbons (Fsp3) is 0.733. The SMILES string of the molecule is COC1(c2nc(N)cc(C(C)C)n2)CCC(C)CC1. The van der Waals surface area contributed by atoms with Crippen LogP contribution in [0.1, 0.15) is 63.9 Å². The highest BCUT2D eigenvalue weighted by atomic mass is 16.5. The van der Waals surface area contributed by atoms with E-state index in [2.05, 4.69) is 25.8 Å². The topological polar surface area (TPSA) is 61.0 Å². The second kappa shape index (κ2) is 5.45. The van der Waals surface area contributed by atoms with Gasteiger partial charge in [-0.05, 0) is 37.5 Å². The summed E-state index contributed by atoms with van der Waals surface area (Å²) in [7, 11) is 1.76. The van der Waals surface area contributed by atoms with E-state index in [0.29, 0.717) is 11.7 Å². The van der Waals surface area contributed by atoms with Crippen molar-refractivity contribution in [2.45, 2.75) is 58.0 Å². The van der Waals surface area contributed by atoms with E-state index in [1.165, 1.54) is 0 Å². The molecule has 4 heteroatoms. The smallest absolute Gasteiger partial charge is 0.162 e. The van der Waals surface area contributed by atoms with Gasteiger partial charge in [0, 0.05) is 18.9 Å². The predicted molar refractivity (Wildman–Crippen MR) is 76.9 cm³/mol.